The number of amides is 2. The van der Waals surface area contributed by atoms with Gasteiger partial charge in [-0.05, 0) is 18.4 Å². The highest BCUT2D eigenvalue weighted by Gasteiger charge is 2.28. The van der Waals surface area contributed by atoms with Crippen LogP contribution in [-0.4, -0.2) is 66.0 Å². The SMILES string of the molecule is CN(CC(=O)N1CCCC(C(=O)O)C1)C(=O)CCOCc1ccccc1. The molecule has 1 aliphatic heterocycles. The number of carbonyl (C=O) groups is 3. The van der Waals surface area contributed by atoms with Gasteiger partial charge in [-0.15, -0.1) is 0 Å². The number of piperidine rings is 1. The number of ether oxygens (including phenoxy) is 1. The van der Waals surface area contributed by atoms with Crippen LogP contribution in [0.2, 0.25) is 0 Å². The lowest BCUT2D eigenvalue weighted by Gasteiger charge is -2.32. The Morgan fingerprint density at radius 1 is 1.27 bits per heavy atom. The van der Waals surface area contributed by atoms with E-state index in [1.807, 2.05) is 30.3 Å². The van der Waals surface area contributed by atoms with E-state index in [2.05, 4.69) is 0 Å². The van der Waals surface area contributed by atoms with Crippen molar-refractivity contribution in [1.82, 2.24) is 9.80 Å². The second kappa shape index (κ2) is 9.91. The number of likely N-dealkylation sites (tertiary alicyclic amines) is 1. The molecule has 1 saturated heterocycles. The Balaban J connectivity index is 1.69. The van der Waals surface area contributed by atoms with E-state index in [0.717, 1.165) is 5.56 Å². The number of hydrogen-bond acceptors (Lipinski definition) is 4. The minimum Gasteiger partial charge on any atom is -0.481 e. The molecule has 0 bridgehead atoms. The summed E-state index contributed by atoms with van der Waals surface area (Å²) in [4.78, 5) is 38.4. The topological polar surface area (TPSA) is 87.2 Å². The zero-order valence-electron chi connectivity index (χ0n) is 15.1. The van der Waals surface area contributed by atoms with E-state index in [9.17, 15) is 14.4 Å². The first kappa shape index (κ1) is 19.9. The Morgan fingerprint density at radius 3 is 2.69 bits per heavy atom. The van der Waals surface area contributed by atoms with Gasteiger partial charge in [-0.25, -0.2) is 0 Å². The largest absolute Gasteiger partial charge is 0.481 e. The minimum atomic E-state index is -0.873. The van der Waals surface area contributed by atoms with Crippen LogP contribution >= 0.6 is 0 Å². The van der Waals surface area contributed by atoms with Crippen LogP contribution < -0.4 is 0 Å². The highest BCUT2D eigenvalue weighted by atomic mass is 16.5. The Hall–Kier alpha value is -2.41. The Bertz CT molecular complexity index is 620. The summed E-state index contributed by atoms with van der Waals surface area (Å²) in [6.07, 6.45) is 1.47. The third kappa shape index (κ3) is 6.15. The Morgan fingerprint density at radius 2 is 2.00 bits per heavy atom. The van der Waals surface area contributed by atoms with Crippen LogP contribution in [0.15, 0.2) is 30.3 Å². The van der Waals surface area contributed by atoms with Crippen LogP contribution in [0.3, 0.4) is 0 Å². The molecular weight excluding hydrogens is 336 g/mol. The highest BCUT2D eigenvalue weighted by Crippen LogP contribution is 2.16. The summed E-state index contributed by atoms with van der Waals surface area (Å²) in [6, 6.07) is 9.70. The predicted octanol–water partition coefficient (Wildman–Crippen LogP) is 1.37. The number of nitrogens with zero attached hydrogens (tertiary/aromatic N) is 2. The van der Waals surface area contributed by atoms with E-state index in [1.54, 1.807) is 7.05 Å². The molecule has 2 rings (SSSR count). The van der Waals surface area contributed by atoms with Crippen LogP contribution in [-0.2, 0) is 25.7 Å². The van der Waals surface area contributed by atoms with Crippen molar-refractivity contribution in [2.75, 3.05) is 33.3 Å². The predicted molar refractivity (Wildman–Crippen MR) is 95.3 cm³/mol. The molecule has 1 unspecified atom stereocenters. The van der Waals surface area contributed by atoms with Crippen molar-refractivity contribution in [1.29, 1.82) is 0 Å². The molecule has 1 N–H and O–H groups in total. The van der Waals surface area contributed by atoms with Crippen molar-refractivity contribution >= 4 is 17.8 Å². The van der Waals surface area contributed by atoms with Gasteiger partial charge in [-0.2, -0.15) is 0 Å². The zero-order valence-corrected chi connectivity index (χ0v) is 15.1. The number of likely N-dealkylation sites (N-methyl/N-ethyl adjacent to an activating group) is 1. The van der Waals surface area contributed by atoms with Crippen LogP contribution in [0.1, 0.15) is 24.8 Å². The second-order valence-electron chi connectivity index (χ2n) is 6.56. The molecule has 0 aliphatic carbocycles. The standard InChI is InChI=1S/C19H26N2O5/c1-20(13-18(23)21-10-5-8-16(12-21)19(24)25)17(22)9-11-26-14-15-6-3-2-4-7-15/h2-4,6-7,16H,5,8-14H2,1H3,(H,24,25). The number of hydrogen-bond donors (Lipinski definition) is 1. The molecule has 1 aromatic carbocycles. The zero-order chi connectivity index (χ0) is 18.9. The lowest BCUT2D eigenvalue weighted by molar-refractivity contribution is -0.147. The number of rotatable bonds is 8. The van der Waals surface area contributed by atoms with Gasteiger partial charge < -0.3 is 19.6 Å². The normalized spacial score (nSPS) is 17.0. The van der Waals surface area contributed by atoms with Crippen LogP contribution in [0.4, 0.5) is 0 Å². The maximum absolute atomic E-state index is 12.3. The molecule has 1 fully saturated rings. The van der Waals surface area contributed by atoms with E-state index in [-0.39, 0.29) is 37.9 Å². The fraction of sp³-hybridized carbons (Fsp3) is 0.526. The first-order valence-electron chi connectivity index (χ1n) is 8.83. The van der Waals surface area contributed by atoms with Crippen LogP contribution in [0.25, 0.3) is 0 Å². The second-order valence-corrected chi connectivity index (χ2v) is 6.56. The molecule has 0 saturated carbocycles. The van der Waals surface area contributed by atoms with Gasteiger partial charge in [-0.3, -0.25) is 14.4 Å². The van der Waals surface area contributed by atoms with Crippen molar-refractivity contribution in [3.05, 3.63) is 35.9 Å². The molecule has 0 radical (unpaired) electrons. The number of aliphatic carboxylic acids is 1. The van der Waals surface area contributed by atoms with Crippen molar-refractivity contribution in [2.24, 2.45) is 5.92 Å². The molecule has 7 nitrogen and oxygen atoms in total. The van der Waals surface area contributed by atoms with E-state index in [1.165, 1.54) is 9.80 Å². The molecule has 26 heavy (non-hydrogen) atoms. The third-order valence-electron chi connectivity index (χ3n) is 4.49. The van der Waals surface area contributed by atoms with Crippen molar-refractivity contribution in [3.63, 3.8) is 0 Å². The van der Waals surface area contributed by atoms with Gasteiger partial charge in [0.05, 0.1) is 32.1 Å². The van der Waals surface area contributed by atoms with Crippen LogP contribution in [0.5, 0.6) is 0 Å². The van der Waals surface area contributed by atoms with Gasteiger partial charge >= 0.3 is 5.97 Å². The minimum absolute atomic E-state index is 0.0378. The Labute approximate surface area is 153 Å². The molecule has 7 heteroatoms. The molecule has 1 atom stereocenters. The van der Waals surface area contributed by atoms with Gasteiger partial charge in [0.2, 0.25) is 11.8 Å². The van der Waals surface area contributed by atoms with Crippen LogP contribution in [0, 0.1) is 5.92 Å². The molecule has 0 spiro atoms. The van der Waals surface area contributed by atoms with Crippen molar-refractivity contribution in [3.8, 4) is 0 Å². The first-order valence-corrected chi connectivity index (χ1v) is 8.83. The summed E-state index contributed by atoms with van der Waals surface area (Å²) in [5.74, 6) is -1.77. The maximum atomic E-state index is 12.3. The van der Waals surface area contributed by atoms with Gasteiger partial charge in [-0.1, -0.05) is 30.3 Å². The molecule has 0 aromatic heterocycles. The van der Waals surface area contributed by atoms with Gasteiger partial charge in [0, 0.05) is 20.1 Å². The lowest BCUT2D eigenvalue weighted by atomic mass is 9.98. The highest BCUT2D eigenvalue weighted by molar-refractivity contribution is 5.85. The number of carbonyl (C=O) groups excluding carboxylic acids is 2. The summed E-state index contributed by atoms with van der Waals surface area (Å²) in [5.41, 5.74) is 1.04. The summed E-state index contributed by atoms with van der Waals surface area (Å²) in [5, 5.41) is 9.09. The molecule has 2 amide bonds. The summed E-state index contributed by atoms with van der Waals surface area (Å²) >= 11 is 0. The third-order valence-corrected chi connectivity index (χ3v) is 4.49. The lowest BCUT2D eigenvalue weighted by Crippen LogP contribution is -2.47. The molecule has 1 aromatic rings. The fourth-order valence-electron chi connectivity index (χ4n) is 2.91. The summed E-state index contributed by atoms with van der Waals surface area (Å²) in [7, 11) is 1.58. The van der Waals surface area contributed by atoms with Gasteiger partial charge in [0.15, 0.2) is 0 Å². The fourth-order valence-corrected chi connectivity index (χ4v) is 2.91. The van der Waals surface area contributed by atoms with Gasteiger partial charge in [0.1, 0.15) is 0 Å². The molecule has 142 valence electrons. The smallest absolute Gasteiger partial charge is 0.308 e. The molecule has 1 heterocycles. The van der Waals surface area contributed by atoms with E-state index < -0.39 is 11.9 Å². The number of carboxylic acid groups (broad SMARTS) is 1. The average molecular weight is 362 g/mol. The maximum Gasteiger partial charge on any atom is 0.308 e. The monoisotopic (exact) mass is 362 g/mol. The van der Waals surface area contributed by atoms with Crippen molar-refractivity contribution in [2.45, 2.75) is 25.9 Å². The average Bonchev–Trinajstić information content (AvgIpc) is 2.65. The quantitative estimate of drug-likeness (QED) is 0.706. The first-order chi connectivity index (χ1) is 12.5. The van der Waals surface area contributed by atoms with E-state index in [4.69, 9.17) is 9.84 Å². The van der Waals surface area contributed by atoms with Crippen molar-refractivity contribution < 1.29 is 24.2 Å². The molecule has 1 aliphatic rings. The number of benzene rings is 1. The Kier molecular flexibility index (Phi) is 7.59. The molecular formula is C19H26N2O5. The summed E-state index contributed by atoms with van der Waals surface area (Å²) in [6.45, 7) is 1.46. The number of carboxylic acids is 1. The van der Waals surface area contributed by atoms with Gasteiger partial charge in [0.25, 0.3) is 0 Å². The summed E-state index contributed by atoms with van der Waals surface area (Å²) < 4.78 is 5.49. The van der Waals surface area contributed by atoms with E-state index >= 15 is 0 Å². The van der Waals surface area contributed by atoms with E-state index in [0.29, 0.717) is 26.0 Å².